The fourth-order valence-electron chi connectivity index (χ4n) is 1.69. The number of benzene rings is 1. The number of hydrogen-bond donors (Lipinski definition) is 1. The van der Waals surface area contributed by atoms with Crippen LogP contribution in [0.2, 0.25) is 5.02 Å². The molecule has 0 unspecified atom stereocenters. The van der Waals surface area contributed by atoms with Crippen LogP contribution in [-0.4, -0.2) is 42.1 Å². The molecule has 1 aromatic heterocycles. The van der Waals surface area contributed by atoms with Crippen LogP contribution in [0.15, 0.2) is 36.7 Å². The number of hydrogen-bond acceptors (Lipinski definition) is 5. The van der Waals surface area contributed by atoms with Gasteiger partial charge < -0.3 is 15.0 Å². The first kappa shape index (κ1) is 15.5. The molecule has 0 aliphatic carbocycles. The summed E-state index contributed by atoms with van der Waals surface area (Å²) in [5, 5.41) is 3.90. The van der Waals surface area contributed by atoms with E-state index in [1.807, 2.05) is 38.4 Å². The van der Waals surface area contributed by atoms with Crippen molar-refractivity contribution < 1.29 is 4.74 Å². The Balaban J connectivity index is 1.88. The normalized spacial score (nSPS) is 10.7. The van der Waals surface area contributed by atoms with Crippen LogP contribution >= 0.6 is 11.6 Å². The van der Waals surface area contributed by atoms with E-state index in [-0.39, 0.29) is 0 Å². The smallest absolute Gasteiger partial charge is 0.234 e. The van der Waals surface area contributed by atoms with Crippen LogP contribution in [0, 0.1) is 0 Å². The molecule has 0 atom stereocenters. The van der Waals surface area contributed by atoms with E-state index < -0.39 is 0 Å². The Morgan fingerprint density at radius 3 is 2.90 bits per heavy atom. The Kier molecular flexibility index (Phi) is 5.78. The molecule has 21 heavy (non-hydrogen) atoms. The lowest BCUT2D eigenvalue weighted by molar-refractivity contribution is 0.293. The van der Waals surface area contributed by atoms with Crippen LogP contribution in [0.3, 0.4) is 0 Å². The molecule has 112 valence electrons. The van der Waals surface area contributed by atoms with E-state index in [1.165, 1.54) is 0 Å². The molecule has 0 aliphatic rings. The highest BCUT2D eigenvalue weighted by atomic mass is 35.5. The summed E-state index contributed by atoms with van der Waals surface area (Å²) < 4.78 is 5.63. The molecule has 0 amide bonds. The van der Waals surface area contributed by atoms with E-state index in [4.69, 9.17) is 16.3 Å². The first-order valence-electron chi connectivity index (χ1n) is 6.71. The van der Waals surface area contributed by atoms with Crippen LogP contribution in [-0.2, 0) is 6.61 Å². The summed E-state index contributed by atoms with van der Waals surface area (Å²) in [4.78, 5) is 10.6. The van der Waals surface area contributed by atoms with Gasteiger partial charge >= 0.3 is 0 Å². The minimum Gasteiger partial charge on any atom is -0.472 e. The zero-order chi connectivity index (χ0) is 15.1. The molecule has 0 aliphatic heterocycles. The number of rotatable bonds is 7. The lowest BCUT2D eigenvalue weighted by atomic mass is 10.2. The third-order valence-corrected chi connectivity index (χ3v) is 2.99. The number of nitrogens with one attached hydrogen (secondary N) is 1. The third-order valence-electron chi connectivity index (χ3n) is 2.75. The highest BCUT2D eigenvalue weighted by Gasteiger charge is 2.01. The van der Waals surface area contributed by atoms with E-state index in [1.54, 1.807) is 12.4 Å². The molecule has 0 saturated carbocycles. The summed E-state index contributed by atoms with van der Waals surface area (Å²) in [6.45, 7) is 2.14. The molecule has 1 heterocycles. The molecule has 0 bridgehead atoms. The van der Waals surface area contributed by atoms with Crippen LogP contribution in [0.5, 0.6) is 5.88 Å². The highest BCUT2D eigenvalue weighted by molar-refractivity contribution is 6.30. The summed E-state index contributed by atoms with van der Waals surface area (Å²) in [7, 11) is 4.05. The van der Waals surface area contributed by atoms with Gasteiger partial charge in [0.05, 0.1) is 12.4 Å². The first-order valence-corrected chi connectivity index (χ1v) is 7.09. The zero-order valence-corrected chi connectivity index (χ0v) is 13.0. The SMILES string of the molecule is CN(C)CCNc1cncc(OCc2cccc(Cl)c2)n1. The number of aromatic nitrogens is 2. The highest BCUT2D eigenvalue weighted by Crippen LogP contribution is 2.14. The number of likely N-dealkylation sites (N-methyl/N-ethyl adjacent to an activating group) is 1. The predicted molar refractivity (Wildman–Crippen MR) is 84.9 cm³/mol. The van der Waals surface area contributed by atoms with Crippen LogP contribution in [0.4, 0.5) is 5.82 Å². The molecule has 6 heteroatoms. The van der Waals surface area contributed by atoms with Gasteiger partial charge in [-0.2, -0.15) is 4.98 Å². The van der Waals surface area contributed by atoms with Gasteiger partial charge in [0.1, 0.15) is 12.4 Å². The molecule has 2 aromatic rings. The van der Waals surface area contributed by atoms with Crippen molar-refractivity contribution >= 4 is 17.4 Å². The minimum atomic E-state index is 0.413. The van der Waals surface area contributed by atoms with Gasteiger partial charge in [0.2, 0.25) is 5.88 Å². The second-order valence-corrected chi connectivity index (χ2v) is 5.33. The lowest BCUT2D eigenvalue weighted by Crippen LogP contribution is -2.21. The van der Waals surface area contributed by atoms with Crippen molar-refractivity contribution in [1.29, 1.82) is 0 Å². The summed E-state index contributed by atoms with van der Waals surface area (Å²) >= 11 is 5.94. The van der Waals surface area contributed by atoms with E-state index in [9.17, 15) is 0 Å². The standard InChI is InChI=1S/C15H19ClN4O/c1-20(2)7-6-18-14-9-17-10-15(19-14)21-11-12-4-3-5-13(16)8-12/h3-5,8-10H,6-7,11H2,1-2H3,(H,18,19). The van der Waals surface area contributed by atoms with Crippen molar-refractivity contribution in [2.24, 2.45) is 0 Å². The van der Waals surface area contributed by atoms with Gasteiger partial charge in [-0.25, -0.2) is 0 Å². The Morgan fingerprint density at radius 1 is 1.29 bits per heavy atom. The molecule has 0 radical (unpaired) electrons. The van der Waals surface area contributed by atoms with E-state index in [0.29, 0.717) is 23.3 Å². The Morgan fingerprint density at radius 2 is 2.14 bits per heavy atom. The molecule has 1 N–H and O–H groups in total. The van der Waals surface area contributed by atoms with Gasteiger partial charge in [-0.1, -0.05) is 23.7 Å². The van der Waals surface area contributed by atoms with Gasteiger partial charge in [-0.15, -0.1) is 0 Å². The Labute approximate surface area is 129 Å². The van der Waals surface area contributed by atoms with Crippen molar-refractivity contribution in [3.8, 4) is 5.88 Å². The van der Waals surface area contributed by atoms with E-state index in [0.717, 1.165) is 18.7 Å². The molecule has 1 aromatic carbocycles. The molecular formula is C15H19ClN4O. The quantitative estimate of drug-likeness (QED) is 0.852. The van der Waals surface area contributed by atoms with Crippen molar-refractivity contribution in [3.63, 3.8) is 0 Å². The zero-order valence-electron chi connectivity index (χ0n) is 12.2. The fraction of sp³-hybridized carbons (Fsp3) is 0.333. The van der Waals surface area contributed by atoms with Gasteiger partial charge in [-0.05, 0) is 31.8 Å². The van der Waals surface area contributed by atoms with E-state index >= 15 is 0 Å². The Hall–Kier alpha value is -1.85. The van der Waals surface area contributed by atoms with Gasteiger partial charge in [0, 0.05) is 18.1 Å². The van der Waals surface area contributed by atoms with Gasteiger partial charge in [0.25, 0.3) is 0 Å². The number of nitrogens with zero attached hydrogens (tertiary/aromatic N) is 3. The molecule has 5 nitrogen and oxygen atoms in total. The molecule has 2 rings (SSSR count). The largest absolute Gasteiger partial charge is 0.472 e. The summed E-state index contributed by atoms with van der Waals surface area (Å²) in [5.74, 6) is 1.20. The maximum absolute atomic E-state index is 5.94. The van der Waals surface area contributed by atoms with Crippen molar-refractivity contribution in [1.82, 2.24) is 14.9 Å². The van der Waals surface area contributed by atoms with Crippen LogP contribution in [0.1, 0.15) is 5.56 Å². The average Bonchev–Trinajstić information content (AvgIpc) is 2.45. The first-order chi connectivity index (χ1) is 10.1. The topological polar surface area (TPSA) is 50.3 Å². The monoisotopic (exact) mass is 306 g/mol. The predicted octanol–water partition coefficient (Wildman–Crippen LogP) is 2.68. The van der Waals surface area contributed by atoms with Crippen molar-refractivity contribution in [2.45, 2.75) is 6.61 Å². The number of anilines is 1. The fourth-order valence-corrected chi connectivity index (χ4v) is 1.91. The van der Waals surface area contributed by atoms with E-state index in [2.05, 4.69) is 20.2 Å². The second-order valence-electron chi connectivity index (χ2n) is 4.89. The maximum atomic E-state index is 5.94. The average molecular weight is 307 g/mol. The third kappa shape index (κ3) is 5.57. The van der Waals surface area contributed by atoms with Gasteiger partial charge in [0.15, 0.2) is 0 Å². The maximum Gasteiger partial charge on any atom is 0.234 e. The number of ether oxygens (including phenoxy) is 1. The van der Waals surface area contributed by atoms with Crippen molar-refractivity contribution in [3.05, 3.63) is 47.2 Å². The van der Waals surface area contributed by atoms with Gasteiger partial charge in [-0.3, -0.25) is 4.98 Å². The Bertz CT molecular complexity index is 577. The number of halogens is 1. The van der Waals surface area contributed by atoms with Crippen molar-refractivity contribution in [2.75, 3.05) is 32.5 Å². The summed E-state index contributed by atoms with van der Waals surface area (Å²) in [6.07, 6.45) is 3.28. The van der Waals surface area contributed by atoms with Crippen LogP contribution < -0.4 is 10.1 Å². The van der Waals surface area contributed by atoms with Crippen LogP contribution in [0.25, 0.3) is 0 Å². The molecule has 0 fully saturated rings. The minimum absolute atomic E-state index is 0.413. The summed E-state index contributed by atoms with van der Waals surface area (Å²) in [6, 6.07) is 7.55. The lowest BCUT2D eigenvalue weighted by Gasteiger charge is -2.11. The second kappa shape index (κ2) is 7.81. The summed E-state index contributed by atoms with van der Waals surface area (Å²) in [5.41, 5.74) is 0.996. The molecule has 0 spiro atoms. The molecule has 0 saturated heterocycles. The molecular weight excluding hydrogens is 288 g/mol.